The highest BCUT2D eigenvalue weighted by atomic mass is 15.2. The fourth-order valence-electron chi connectivity index (χ4n) is 3.07. The third-order valence-corrected chi connectivity index (χ3v) is 4.39. The van der Waals surface area contributed by atoms with Gasteiger partial charge >= 0.3 is 0 Å². The lowest BCUT2D eigenvalue weighted by Crippen LogP contribution is -2.33. The van der Waals surface area contributed by atoms with Crippen LogP contribution in [0.4, 0.5) is 11.6 Å². The monoisotopic (exact) mass is 345 g/mol. The van der Waals surface area contributed by atoms with Crippen LogP contribution in [0.3, 0.4) is 0 Å². The summed E-state index contributed by atoms with van der Waals surface area (Å²) in [5, 5.41) is 29.2. The molecule has 1 aromatic heterocycles. The summed E-state index contributed by atoms with van der Waals surface area (Å²) >= 11 is 0. The van der Waals surface area contributed by atoms with E-state index in [2.05, 4.69) is 23.2 Å². The molecule has 0 saturated carbocycles. The Labute approximate surface area is 153 Å². The molecule has 1 atom stereocenters. The van der Waals surface area contributed by atoms with Gasteiger partial charge in [0.1, 0.15) is 23.3 Å². The topological polar surface area (TPSA) is 115 Å². The second-order valence-electron chi connectivity index (χ2n) is 5.82. The third-order valence-electron chi connectivity index (χ3n) is 4.39. The fourth-order valence-corrected chi connectivity index (χ4v) is 3.07. The van der Waals surface area contributed by atoms with Crippen molar-refractivity contribution in [1.82, 2.24) is 0 Å². The summed E-state index contributed by atoms with van der Waals surface area (Å²) in [7, 11) is 0. The van der Waals surface area contributed by atoms with Crippen molar-refractivity contribution in [3.8, 4) is 18.2 Å². The molecule has 6 nitrogen and oxygen atoms in total. The molecule has 0 spiro atoms. The summed E-state index contributed by atoms with van der Waals surface area (Å²) in [6.45, 7) is 5.28. The van der Waals surface area contributed by atoms with Gasteiger partial charge in [0.2, 0.25) is 11.6 Å². The molecule has 2 aromatic rings. The molecule has 0 amide bonds. The second kappa shape index (κ2) is 8.51. The first-order valence-corrected chi connectivity index (χ1v) is 8.48. The van der Waals surface area contributed by atoms with Crippen LogP contribution in [0.2, 0.25) is 0 Å². The van der Waals surface area contributed by atoms with E-state index in [0.29, 0.717) is 36.5 Å². The maximum absolute atomic E-state index is 9.80. The number of pyridine rings is 1. The quantitative estimate of drug-likeness (QED) is 0.864. The number of aromatic nitrogens is 1. The minimum atomic E-state index is -0.645. The van der Waals surface area contributed by atoms with E-state index in [1.54, 1.807) is 0 Å². The molecule has 0 aliphatic rings. The Kier molecular flexibility index (Phi) is 6.15. The van der Waals surface area contributed by atoms with Gasteiger partial charge in [0.25, 0.3) is 0 Å². The summed E-state index contributed by atoms with van der Waals surface area (Å²) in [6, 6.07) is 16.0. The van der Waals surface area contributed by atoms with E-state index in [4.69, 9.17) is 5.73 Å². The van der Waals surface area contributed by atoms with Crippen LogP contribution in [0.25, 0.3) is 0 Å². The molecule has 0 unspecified atom stereocenters. The van der Waals surface area contributed by atoms with Crippen molar-refractivity contribution in [2.24, 2.45) is 0 Å². The zero-order chi connectivity index (χ0) is 19.1. The number of nitrogens with zero attached hydrogens (tertiary/aromatic N) is 4. The molecular weight excluding hydrogens is 324 g/mol. The van der Waals surface area contributed by atoms with Crippen LogP contribution in [0.1, 0.15) is 42.0 Å². The molecule has 130 valence electrons. The normalized spacial score (nSPS) is 11.0. The van der Waals surface area contributed by atoms with Gasteiger partial charge < -0.3 is 5.73 Å². The molecule has 0 fully saturated rings. The molecule has 0 bridgehead atoms. The predicted molar refractivity (Wildman–Crippen MR) is 98.9 cm³/mol. The molecule has 0 saturated heterocycles. The first-order chi connectivity index (χ1) is 12.6. The van der Waals surface area contributed by atoms with Crippen molar-refractivity contribution in [2.45, 2.75) is 26.2 Å². The lowest BCUT2D eigenvalue weighted by molar-refractivity contribution is -0.346. The number of nitrogens with one attached hydrogen (secondary N) is 1. The van der Waals surface area contributed by atoms with Crippen LogP contribution in [-0.2, 0) is 6.42 Å². The molecule has 0 aliphatic heterocycles. The number of rotatable bonds is 6. The first-order valence-electron chi connectivity index (χ1n) is 8.48. The Morgan fingerprint density at radius 2 is 1.65 bits per heavy atom. The van der Waals surface area contributed by atoms with Crippen molar-refractivity contribution in [2.75, 3.05) is 23.7 Å². The summed E-state index contributed by atoms with van der Waals surface area (Å²) in [5.41, 5.74) is 7.90. The number of hydrogen-bond donors (Lipinski definition) is 1. The number of nitrogens with two attached hydrogens (primary N) is 1. The van der Waals surface area contributed by atoms with Gasteiger partial charge in [-0.2, -0.15) is 15.8 Å². The van der Waals surface area contributed by atoms with Crippen molar-refractivity contribution in [3.05, 3.63) is 52.6 Å². The van der Waals surface area contributed by atoms with Crippen LogP contribution in [-0.4, -0.2) is 13.1 Å². The van der Waals surface area contributed by atoms with E-state index < -0.39 is 5.92 Å². The highest BCUT2D eigenvalue weighted by Gasteiger charge is 2.30. The van der Waals surface area contributed by atoms with E-state index in [-0.39, 0.29) is 11.4 Å². The maximum atomic E-state index is 9.80. The standard InChI is InChI=1S/C20H20N6/c1-3-26(4-2)20-17(13-23)18(16(12-22)19(24)25-20)15(11-21)10-14-8-6-5-7-9-14/h5-9,15H,3-4,10H2,1-2H3,(H2,24,25)/p+1/t15-/m0/s1. The van der Waals surface area contributed by atoms with E-state index in [1.807, 2.05) is 49.1 Å². The van der Waals surface area contributed by atoms with Crippen LogP contribution in [0.15, 0.2) is 30.3 Å². The second-order valence-corrected chi connectivity index (χ2v) is 5.82. The van der Waals surface area contributed by atoms with E-state index in [0.717, 1.165) is 5.56 Å². The molecule has 1 aromatic carbocycles. The van der Waals surface area contributed by atoms with Crippen LogP contribution < -0.4 is 15.6 Å². The molecule has 0 aliphatic carbocycles. The molecule has 6 heteroatoms. The molecule has 2 rings (SSSR count). The van der Waals surface area contributed by atoms with Crippen molar-refractivity contribution in [1.29, 1.82) is 15.8 Å². The van der Waals surface area contributed by atoms with Gasteiger partial charge in [-0.15, -0.1) is 0 Å². The average molecular weight is 345 g/mol. The van der Waals surface area contributed by atoms with Gasteiger partial charge in [-0.3, -0.25) is 4.90 Å². The highest BCUT2D eigenvalue weighted by molar-refractivity contribution is 5.65. The minimum absolute atomic E-state index is 0.167. The Balaban J connectivity index is 2.70. The number of nitriles is 3. The first kappa shape index (κ1) is 18.8. The van der Waals surface area contributed by atoms with Crippen molar-refractivity contribution in [3.63, 3.8) is 0 Å². The lowest BCUT2D eigenvalue weighted by atomic mass is 9.87. The lowest BCUT2D eigenvalue weighted by Gasteiger charge is -2.20. The number of aromatic amines is 1. The number of nitrogen functional groups attached to an aromatic ring is 1. The van der Waals surface area contributed by atoms with Gasteiger partial charge in [-0.25, -0.2) is 4.98 Å². The van der Waals surface area contributed by atoms with Crippen LogP contribution >= 0.6 is 0 Å². The highest BCUT2D eigenvalue weighted by Crippen LogP contribution is 2.32. The Morgan fingerprint density at radius 3 is 2.15 bits per heavy atom. The predicted octanol–water partition coefficient (Wildman–Crippen LogP) is 2.52. The van der Waals surface area contributed by atoms with Gasteiger partial charge in [0.15, 0.2) is 0 Å². The summed E-state index contributed by atoms with van der Waals surface area (Å²) < 4.78 is 0. The third kappa shape index (κ3) is 3.58. The number of H-pyrrole nitrogens is 1. The Bertz CT molecular complexity index is 895. The molecule has 0 radical (unpaired) electrons. The number of hydrogen-bond acceptors (Lipinski definition) is 5. The van der Waals surface area contributed by atoms with E-state index in [1.165, 1.54) is 0 Å². The SMILES string of the molecule is CCN(CC)c1[nH+]c(N)c(C#N)c([C@H](C#N)Cc2ccccc2)c1C#N. The minimum Gasteiger partial charge on any atom is -0.318 e. The summed E-state index contributed by atoms with van der Waals surface area (Å²) in [4.78, 5) is 4.94. The maximum Gasteiger partial charge on any atom is 0.240 e. The van der Waals surface area contributed by atoms with Crippen LogP contribution in [0.5, 0.6) is 0 Å². The number of benzene rings is 1. The van der Waals surface area contributed by atoms with Gasteiger partial charge in [0.05, 0.1) is 25.1 Å². The molecular formula is C20H21N6+. The molecule has 3 N–H and O–H groups in total. The van der Waals surface area contributed by atoms with E-state index >= 15 is 0 Å². The Morgan fingerprint density at radius 1 is 1.04 bits per heavy atom. The fraction of sp³-hybridized carbons (Fsp3) is 0.300. The Hall–Kier alpha value is -3.56. The largest absolute Gasteiger partial charge is 0.318 e. The average Bonchev–Trinajstić information content (AvgIpc) is 2.67. The van der Waals surface area contributed by atoms with Gasteiger partial charge in [-0.1, -0.05) is 30.3 Å². The van der Waals surface area contributed by atoms with Crippen molar-refractivity contribution < 1.29 is 4.98 Å². The zero-order valence-corrected chi connectivity index (χ0v) is 15.0. The molecule has 26 heavy (non-hydrogen) atoms. The summed E-state index contributed by atoms with van der Waals surface area (Å²) in [5.74, 6) is 0.0851. The number of anilines is 2. The van der Waals surface area contributed by atoms with Crippen LogP contribution in [0, 0.1) is 34.0 Å². The zero-order valence-electron chi connectivity index (χ0n) is 15.0. The smallest absolute Gasteiger partial charge is 0.240 e. The molecule has 1 heterocycles. The summed E-state index contributed by atoms with van der Waals surface area (Å²) in [6.07, 6.45) is 0.405. The van der Waals surface area contributed by atoms with E-state index in [9.17, 15) is 15.8 Å². The van der Waals surface area contributed by atoms with Gasteiger partial charge in [0, 0.05) is 5.56 Å². The van der Waals surface area contributed by atoms with Gasteiger partial charge in [-0.05, 0) is 25.8 Å². The van der Waals surface area contributed by atoms with Crippen molar-refractivity contribution >= 4 is 11.6 Å².